The molecule has 0 aliphatic rings. The van der Waals surface area contributed by atoms with Gasteiger partial charge in [0, 0.05) is 39.0 Å². The summed E-state index contributed by atoms with van der Waals surface area (Å²) >= 11 is 0. The Hall–Kier alpha value is -1.26. The Labute approximate surface area is 113 Å². The third-order valence-electron chi connectivity index (χ3n) is 1.67. The van der Waals surface area contributed by atoms with Gasteiger partial charge in [0.2, 0.25) is 0 Å². The minimum atomic E-state index is -0.870. The van der Waals surface area contributed by atoms with Crippen molar-refractivity contribution >= 4 is 11.9 Å². The largest absolute Gasteiger partial charge is 0.481 e. The summed E-state index contributed by atoms with van der Waals surface area (Å²) in [5.74, 6) is -1.74. The molecule has 0 amide bonds. The molecule has 9 heteroatoms. The van der Waals surface area contributed by atoms with Gasteiger partial charge in [-0.1, -0.05) is 0 Å². The van der Waals surface area contributed by atoms with Crippen LogP contribution in [0.15, 0.2) is 0 Å². The van der Waals surface area contributed by atoms with Crippen molar-refractivity contribution in [1.82, 2.24) is 17.6 Å². The van der Waals surface area contributed by atoms with E-state index in [-0.39, 0.29) is 25.1 Å². The lowest BCUT2D eigenvalue weighted by Crippen LogP contribution is -2.27. The van der Waals surface area contributed by atoms with Gasteiger partial charge >= 0.3 is 11.9 Å². The molecule has 0 fully saturated rings. The number of nitrogens with two attached hydrogens (primary N) is 2. The fourth-order valence-electron chi connectivity index (χ4n) is 0.882. The SMILES string of the molecule is N.N.NCCNCCN.O=C(O)CCCCC(=O)O. The molecule has 9 nitrogen and oxygen atoms in total. The van der Waals surface area contributed by atoms with Gasteiger partial charge in [0.25, 0.3) is 0 Å². The highest BCUT2D eigenvalue weighted by atomic mass is 16.4. The number of rotatable bonds is 9. The molecule has 0 spiro atoms. The van der Waals surface area contributed by atoms with Crippen LogP contribution in [0, 0.1) is 0 Å². The maximum Gasteiger partial charge on any atom is 0.303 e. The van der Waals surface area contributed by atoms with E-state index in [0.717, 1.165) is 13.1 Å². The number of carboxylic acids is 2. The van der Waals surface area contributed by atoms with Crippen molar-refractivity contribution in [2.75, 3.05) is 26.2 Å². The van der Waals surface area contributed by atoms with Gasteiger partial charge in [0.05, 0.1) is 0 Å². The first-order valence-corrected chi connectivity index (χ1v) is 5.59. The van der Waals surface area contributed by atoms with Crippen LogP contribution in [0.5, 0.6) is 0 Å². The van der Waals surface area contributed by atoms with Gasteiger partial charge in [-0.25, -0.2) is 0 Å². The standard InChI is InChI=1S/C6H10O4.C4H13N3.2H3N/c7-5(8)3-1-2-4-6(9)10;5-1-3-7-4-2-6;;/h1-4H2,(H,7,8)(H,9,10);7H,1-6H2;2*1H3. The number of hydrogen-bond acceptors (Lipinski definition) is 7. The van der Waals surface area contributed by atoms with E-state index in [1.54, 1.807) is 0 Å². The van der Waals surface area contributed by atoms with Crippen molar-refractivity contribution in [2.45, 2.75) is 25.7 Å². The van der Waals surface area contributed by atoms with Gasteiger partial charge in [0.15, 0.2) is 0 Å². The number of carbonyl (C=O) groups is 2. The summed E-state index contributed by atoms with van der Waals surface area (Å²) in [6.45, 7) is 3.13. The second-order valence-corrected chi connectivity index (χ2v) is 3.32. The normalized spacial score (nSPS) is 8.32. The predicted octanol–water partition coefficient (Wildman–Crippen LogP) is -0.467. The fraction of sp³-hybridized carbons (Fsp3) is 0.800. The lowest BCUT2D eigenvalue weighted by atomic mass is 10.2. The average Bonchev–Trinajstić information content (AvgIpc) is 2.26. The molecular formula is C10H29N5O4. The van der Waals surface area contributed by atoms with E-state index in [1.165, 1.54) is 0 Å². The molecule has 118 valence electrons. The minimum absolute atomic E-state index is 0. The summed E-state index contributed by atoms with van der Waals surface area (Å²) in [7, 11) is 0. The molecule has 13 N–H and O–H groups in total. The van der Waals surface area contributed by atoms with E-state index in [4.69, 9.17) is 21.7 Å². The third-order valence-corrected chi connectivity index (χ3v) is 1.67. The van der Waals surface area contributed by atoms with Crippen molar-refractivity contribution in [3.05, 3.63) is 0 Å². The molecule has 0 bridgehead atoms. The van der Waals surface area contributed by atoms with E-state index in [0.29, 0.717) is 25.9 Å². The first-order chi connectivity index (χ1) is 8.04. The Kier molecular flexibility index (Phi) is 30.4. The van der Waals surface area contributed by atoms with Crippen LogP contribution in [0.1, 0.15) is 25.7 Å². The topological polar surface area (TPSA) is 209 Å². The van der Waals surface area contributed by atoms with Crippen molar-refractivity contribution in [3.8, 4) is 0 Å². The zero-order valence-corrected chi connectivity index (χ0v) is 11.4. The maximum absolute atomic E-state index is 9.90. The summed E-state index contributed by atoms with van der Waals surface area (Å²) in [5, 5.41) is 19.3. The maximum atomic E-state index is 9.90. The molecule has 0 aliphatic carbocycles. The van der Waals surface area contributed by atoms with E-state index in [9.17, 15) is 9.59 Å². The molecule has 0 aromatic heterocycles. The third kappa shape index (κ3) is 38.3. The summed E-state index contributed by atoms with van der Waals surface area (Å²) in [6.07, 6.45) is 1.02. The average molecular weight is 283 g/mol. The lowest BCUT2D eigenvalue weighted by molar-refractivity contribution is -0.139. The summed E-state index contributed by atoms with van der Waals surface area (Å²) in [4.78, 5) is 19.8. The first kappa shape index (κ1) is 26.3. The predicted molar refractivity (Wildman–Crippen MR) is 74.8 cm³/mol. The number of unbranched alkanes of at least 4 members (excludes halogenated alkanes) is 1. The molecule has 0 rings (SSSR count). The Morgan fingerprint density at radius 1 is 0.842 bits per heavy atom. The van der Waals surface area contributed by atoms with Crippen LogP contribution >= 0.6 is 0 Å². The molecule has 0 aliphatic heterocycles. The fourth-order valence-corrected chi connectivity index (χ4v) is 0.882. The Morgan fingerprint density at radius 3 is 1.37 bits per heavy atom. The molecule has 0 heterocycles. The van der Waals surface area contributed by atoms with Crippen LogP contribution in [0.25, 0.3) is 0 Å². The second kappa shape index (κ2) is 22.0. The molecule has 0 saturated heterocycles. The van der Waals surface area contributed by atoms with Crippen LogP contribution in [0.4, 0.5) is 0 Å². The van der Waals surface area contributed by atoms with E-state index in [2.05, 4.69) is 5.32 Å². The van der Waals surface area contributed by atoms with E-state index < -0.39 is 11.9 Å². The smallest absolute Gasteiger partial charge is 0.303 e. The molecule has 0 saturated carbocycles. The van der Waals surface area contributed by atoms with Crippen LogP contribution in [0.2, 0.25) is 0 Å². The molecule has 0 atom stereocenters. The highest BCUT2D eigenvalue weighted by molar-refractivity contribution is 5.67. The molecule has 0 aromatic rings. The van der Waals surface area contributed by atoms with Gasteiger partial charge in [0.1, 0.15) is 0 Å². The summed E-state index contributed by atoms with van der Waals surface area (Å²) in [5.41, 5.74) is 10.3. The molecule has 0 radical (unpaired) electrons. The van der Waals surface area contributed by atoms with E-state index in [1.807, 2.05) is 0 Å². The van der Waals surface area contributed by atoms with Gasteiger partial charge in [-0.15, -0.1) is 0 Å². The highest BCUT2D eigenvalue weighted by Gasteiger charge is 1.99. The number of carboxylic acid groups (broad SMARTS) is 2. The minimum Gasteiger partial charge on any atom is -0.481 e. The molecule has 19 heavy (non-hydrogen) atoms. The van der Waals surface area contributed by atoms with Crippen LogP contribution in [-0.4, -0.2) is 48.3 Å². The van der Waals surface area contributed by atoms with Crippen molar-refractivity contribution < 1.29 is 19.8 Å². The van der Waals surface area contributed by atoms with Crippen LogP contribution in [0.3, 0.4) is 0 Å². The monoisotopic (exact) mass is 283 g/mol. The Morgan fingerprint density at radius 2 is 1.16 bits per heavy atom. The Bertz CT molecular complexity index is 184. The van der Waals surface area contributed by atoms with Crippen LogP contribution in [-0.2, 0) is 9.59 Å². The second-order valence-electron chi connectivity index (χ2n) is 3.32. The summed E-state index contributed by atoms with van der Waals surface area (Å²) in [6, 6.07) is 0. The number of aliphatic carboxylic acids is 2. The number of hydrogen-bond donors (Lipinski definition) is 7. The first-order valence-electron chi connectivity index (χ1n) is 5.59. The lowest BCUT2D eigenvalue weighted by Gasteiger charge is -1.95. The zero-order chi connectivity index (χ0) is 13.5. The quantitative estimate of drug-likeness (QED) is 0.272. The van der Waals surface area contributed by atoms with Gasteiger partial charge in [-0.05, 0) is 12.8 Å². The Balaban J connectivity index is -0.000000112. The number of nitrogens with one attached hydrogen (secondary N) is 1. The highest BCUT2D eigenvalue weighted by Crippen LogP contribution is 1.98. The molecule has 0 aromatic carbocycles. The van der Waals surface area contributed by atoms with Crippen molar-refractivity contribution in [3.63, 3.8) is 0 Å². The molecular weight excluding hydrogens is 254 g/mol. The van der Waals surface area contributed by atoms with E-state index >= 15 is 0 Å². The van der Waals surface area contributed by atoms with Crippen molar-refractivity contribution in [2.24, 2.45) is 11.5 Å². The van der Waals surface area contributed by atoms with Gasteiger partial charge in [-0.2, -0.15) is 0 Å². The molecule has 0 unspecified atom stereocenters. The van der Waals surface area contributed by atoms with Gasteiger partial charge < -0.3 is 39.3 Å². The summed E-state index contributed by atoms with van der Waals surface area (Å²) < 4.78 is 0. The zero-order valence-electron chi connectivity index (χ0n) is 11.4. The van der Waals surface area contributed by atoms with Crippen LogP contribution < -0.4 is 29.1 Å². The van der Waals surface area contributed by atoms with Gasteiger partial charge in [-0.3, -0.25) is 9.59 Å². The van der Waals surface area contributed by atoms with Crippen molar-refractivity contribution in [1.29, 1.82) is 0 Å².